The number of benzene rings is 1. The summed E-state index contributed by atoms with van der Waals surface area (Å²) in [7, 11) is 3.52. The number of hydrogen-bond donors (Lipinski definition) is 1. The minimum Gasteiger partial charge on any atom is -0.496 e. The highest BCUT2D eigenvalue weighted by Crippen LogP contribution is 2.28. The van der Waals surface area contributed by atoms with Crippen LogP contribution in [-0.2, 0) is 11.2 Å². The zero-order chi connectivity index (χ0) is 12.8. The zero-order valence-corrected chi connectivity index (χ0v) is 11.0. The molecule has 3 nitrogen and oxygen atoms in total. The van der Waals surface area contributed by atoms with Crippen LogP contribution in [0, 0.1) is 0 Å². The highest BCUT2D eigenvalue weighted by molar-refractivity contribution is 5.76. The number of ether oxygens (including phenoxy) is 1. The fraction of sp³-hybridized carbons (Fsp3) is 0.500. The quantitative estimate of drug-likeness (QED) is 0.823. The normalized spacial score (nSPS) is 12.2. The number of carbonyl (C=O) groups excluding carboxylic acids is 1. The third-order valence-corrected chi connectivity index (χ3v) is 2.92. The molecule has 1 aromatic rings. The Morgan fingerprint density at radius 1 is 1.47 bits per heavy atom. The summed E-state index contributed by atoms with van der Waals surface area (Å²) in [6, 6.07) is 6.17. The first kappa shape index (κ1) is 13.7. The topological polar surface area (TPSA) is 38.3 Å². The first-order valence-electron chi connectivity index (χ1n) is 5.95. The van der Waals surface area contributed by atoms with Gasteiger partial charge in [0.25, 0.3) is 0 Å². The molecule has 1 N–H and O–H groups in total. The van der Waals surface area contributed by atoms with Gasteiger partial charge in [-0.3, -0.25) is 4.79 Å². The van der Waals surface area contributed by atoms with Crippen molar-refractivity contribution < 1.29 is 9.53 Å². The molecule has 1 atom stereocenters. The molecule has 0 aliphatic heterocycles. The summed E-state index contributed by atoms with van der Waals surface area (Å²) < 4.78 is 5.36. The van der Waals surface area contributed by atoms with E-state index in [0.29, 0.717) is 6.42 Å². The smallest absolute Gasteiger partial charge is 0.131 e. The molecule has 1 unspecified atom stereocenters. The van der Waals surface area contributed by atoms with Gasteiger partial charge in [-0.2, -0.15) is 0 Å². The average Bonchev–Trinajstić information content (AvgIpc) is 2.34. The molecule has 0 saturated carbocycles. The third kappa shape index (κ3) is 3.56. The van der Waals surface area contributed by atoms with Crippen LogP contribution >= 0.6 is 0 Å². The average molecular weight is 235 g/mol. The Morgan fingerprint density at radius 3 is 2.65 bits per heavy atom. The van der Waals surface area contributed by atoms with Crippen molar-refractivity contribution in [2.75, 3.05) is 14.2 Å². The van der Waals surface area contributed by atoms with Gasteiger partial charge in [-0.1, -0.05) is 19.1 Å². The molecule has 0 fully saturated rings. The largest absolute Gasteiger partial charge is 0.496 e. The predicted octanol–water partition coefficient (Wildman–Crippen LogP) is 2.50. The minimum atomic E-state index is 0.0222. The molecule has 0 bridgehead atoms. The Balaban J connectivity index is 3.09. The van der Waals surface area contributed by atoms with Crippen LogP contribution in [0.2, 0.25) is 0 Å². The van der Waals surface area contributed by atoms with E-state index < -0.39 is 0 Å². The van der Waals surface area contributed by atoms with E-state index in [4.69, 9.17) is 4.74 Å². The predicted molar refractivity (Wildman–Crippen MR) is 69.5 cm³/mol. The Kier molecular flexibility index (Phi) is 5.16. The maximum absolute atomic E-state index is 11.3. The van der Waals surface area contributed by atoms with Crippen molar-refractivity contribution in [3.63, 3.8) is 0 Å². The van der Waals surface area contributed by atoms with E-state index in [2.05, 4.69) is 24.4 Å². The van der Waals surface area contributed by atoms with Gasteiger partial charge in [-0.05, 0) is 32.0 Å². The van der Waals surface area contributed by atoms with Gasteiger partial charge in [-0.25, -0.2) is 0 Å². The van der Waals surface area contributed by atoms with Gasteiger partial charge in [0.05, 0.1) is 7.11 Å². The third-order valence-electron chi connectivity index (χ3n) is 2.92. The van der Waals surface area contributed by atoms with E-state index in [9.17, 15) is 4.79 Å². The van der Waals surface area contributed by atoms with E-state index in [-0.39, 0.29) is 11.8 Å². The van der Waals surface area contributed by atoms with Crippen LogP contribution < -0.4 is 10.1 Å². The lowest BCUT2D eigenvalue weighted by molar-refractivity contribution is -0.117. The Labute approximate surface area is 103 Å². The number of nitrogens with one attached hydrogen (secondary N) is 1. The van der Waals surface area contributed by atoms with Crippen LogP contribution in [-0.4, -0.2) is 19.9 Å². The fourth-order valence-corrected chi connectivity index (χ4v) is 1.93. The van der Waals surface area contributed by atoms with Crippen molar-refractivity contribution in [1.82, 2.24) is 5.32 Å². The maximum atomic E-state index is 11.3. The van der Waals surface area contributed by atoms with Gasteiger partial charge in [-0.15, -0.1) is 0 Å². The second-order valence-electron chi connectivity index (χ2n) is 4.18. The number of hydrogen-bond acceptors (Lipinski definition) is 3. The van der Waals surface area contributed by atoms with Gasteiger partial charge in [0.15, 0.2) is 0 Å². The summed E-state index contributed by atoms with van der Waals surface area (Å²) in [6.45, 7) is 3.73. The molecule has 0 amide bonds. The number of ketones is 1. The summed E-state index contributed by atoms with van der Waals surface area (Å²) in [6.07, 6.45) is 1.47. The van der Waals surface area contributed by atoms with Crippen LogP contribution in [0.5, 0.6) is 5.75 Å². The van der Waals surface area contributed by atoms with Crippen molar-refractivity contribution in [1.29, 1.82) is 0 Å². The number of aryl methyl sites for hydroxylation is 1. The standard InChI is InChI=1S/C14H21NO2/c1-5-11-6-7-14(17-4)12(9-11)13(15-3)8-10(2)16/h6-7,9,13,15H,5,8H2,1-4H3. The van der Waals surface area contributed by atoms with Crippen molar-refractivity contribution in [3.05, 3.63) is 29.3 Å². The van der Waals surface area contributed by atoms with Crippen LogP contribution in [0.3, 0.4) is 0 Å². The molecule has 0 aliphatic carbocycles. The fourth-order valence-electron chi connectivity index (χ4n) is 1.93. The summed E-state index contributed by atoms with van der Waals surface area (Å²) in [4.78, 5) is 11.3. The summed E-state index contributed by atoms with van der Waals surface area (Å²) in [5, 5.41) is 3.17. The van der Waals surface area contributed by atoms with E-state index in [1.165, 1.54) is 5.56 Å². The second kappa shape index (κ2) is 6.40. The van der Waals surface area contributed by atoms with E-state index in [1.807, 2.05) is 13.1 Å². The van der Waals surface area contributed by atoms with Gasteiger partial charge in [0, 0.05) is 18.0 Å². The number of rotatable bonds is 6. The molecule has 1 rings (SSSR count). The molecule has 3 heteroatoms. The molecular formula is C14H21NO2. The first-order chi connectivity index (χ1) is 8.12. The number of carbonyl (C=O) groups is 1. The van der Waals surface area contributed by atoms with Crippen LogP contribution in [0.1, 0.15) is 37.4 Å². The van der Waals surface area contributed by atoms with Gasteiger partial charge >= 0.3 is 0 Å². The lowest BCUT2D eigenvalue weighted by atomic mass is 9.98. The Hall–Kier alpha value is -1.35. The summed E-state index contributed by atoms with van der Waals surface area (Å²) >= 11 is 0. The van der Waals surface area contributed by atoms with Crippen LogP contribution in [0.25, 0.3) is 0 Å². The second-order valence-corrected chi connectivity index (χ2v) is 4.18. The molecular weight excluding hydrogens is 214 g/mol. The molecule has 0 aliphatic rings. The maximum Gasteiger partial charge on any atom is 0.131 e. The number of Topliss-reactive ketones (excluding diaryl/α,β-unsaturated/α-hetero) is 1. The van der Waals surface area contributed by atoms with Gasteiger partial charge in [0.1, 0.15) is 11.5 Å². The van der Waals surface area contributed by atoms with Crippen molar-refractivity contribution in [2.45, 2.75) is 32.7 Å². The molecule has 0 radical (unpaired) electrons. The highest BCUT2D eigenvalue weighted by Gasteiger charge is 2.16. The van der Waals surface area contributed by atoms with Gasteiger partial charge in [0.2, 0.25) is 0 Å². The Bertz CT molecular complexity index is 388. The van der Waals surface area contributed by atoms with Crippen molar-refractivity contribution >= 4 is 5.78 Å². The van der Waals surface area contributed by atoms with Crippen molar-refractivity contribution in [2.24, 2.45) is 0 Å². The number of methoxy groups -OCH3 is 1. The Morgan fingerprint density at radius 2 is 2.18 bits per heavy atom. The molecule has 1 aromatic carbocycles. The monoisotopic (exact) mass is 235 g/mol. The van der Waals surface area contributed by atoms with Gasteiger partial charge < -0.3 is 10.1 Å². The van der Waals surface area contributed by atoms with Crippen molar-refractivity contribution in [3.8, 4) is 5.75 Å². The molecule has 17 heavy (non-hydrogen) atoms. The SMILES string of the molecule is CCc1ccc(OC)c(C(CC(C)=O)NC)c1. The van der Waals surface area contributed by atoms with E-state index >= 15 is 0 Å². The summed E-state index contributed by atoms with van der Waals surface area (Å²) in [5.41, 5.74) is 2.31. The molecule has 94 valence electrons. The zero-order valence-electron chi connectivity index (χ0n) is 11.0. The minimum absolute atomic E-state index is 0.0222. The molecule has 0 heterocycles. The summed E-state index contributed by atoms with van der Waals surface area (Å²) in [5.74, 6) is 1.01. The highest BCUT2D eigenvalue weighted by atomic mass is 16.5. The molecule has 0 saturated heterocycles. The van der Waals surface area contributed by atoms with E-state index in [1.54, 1.807) is 14.0 Å². The van der Waals surface area contributed by atoms with E-state index in [0.717, 1.165) is 17.7 Å². The molecule has 0 aromatic heterocycles. The lowest BCUT2D eigenvalue weighted by Gasteiger charge is -2.19. The first-order valence-corrected chi connectivity index (χ1v) is 5.95. The van der Waals surface area contributed by atoms with Crippen LogP contribution in [0.15, 0.2) is 18.2 Å². The van der Waals surface area contributed by atoms with Crippen LogP contribution in [0.4, 0.5) is 0 Å². The lowest BCUT2D eigenvalue weighted by Crippen LogP contribution is -2.19. The molecule has 0 spiro atoms.